The van der Waals surface area contributed by atoms with Gasteiger partial charge in [0.25, 0.3) is 5.91 Å². The average Bonchev–Trinajstić information content (AvgIpc) is 3.13. The Balaban J connectivity index is 1.45. The van der Waals surface area contributed by atoms with E-state index in [0.29, 0.717) is 18.7 Å². The summed E-state index contributed by atoms with van der Waals surface area (Å²) in [4.78, 5) is 12.2. The number of carbonyl (C=O) groups is 1. The first-order valence-corrected chi connectivity index (χ1v) is 8.32. The lowest BCUT2D eigenvalue weighted by Crippen LogP contribution is -2.29. The minimum atomic E-state index is -0.0462. The number of ether oxygens (including phenoxy) is 2. The van der Waals surface area contributed by atoms with Crippen molar-refractivity contribution in [2.75, 3.05) is 32.8 Å². The van der Waals surface area contributed by atoms with Crippen LogP contribution in [0.3, 0.4) is 0 Å². The van der Waals surface area contributed by atoms with E-state index in [9.17, 15) is 4.79 Å². The third-order valence-corrected chi connectivity index (χ3v) is 4.21. The molecule has 0 aromatic heterocycles. The fourth-order valence-corrected chi connectivity index (χ4v) is 2.79. The van der Waals surface area contributed by atoms with Crippen LogP contribution < -0.4 is 15.4 Å². The normalized spacial score (nSPS) is 20.9. The standard InChI is InChI=1S/C18H24N2O3/c21-18(20-12-14-7-9-19-10-8-14)15-3-5-16(6-4-15)23-13-17-2-1-11-22-17/h3-7,17,19H,1-2,8-13H2,(H,20,21). The van der Waals surface area contributed by atoms with Crippen LogP contribution >= 0.6 is 0 Å². The van der Waals surface area contributed by atoms with E-state index in [1.165, 1.54) is 5.57 Å². The number of hydrogen-bond donors (Lipinski definition) is 2. The molecule has 0 aliphatic carbocycles. The van der Waals surface area contributed by atoms with E-state index in [4.69, 9.17) is 9.47 Å². The molecule has 124 valence electrons. The Morgan fingerprint density at radius 3 is 2.91 bits per heavy atom. The van der Waals surface area contributed by atoms with Gasteiger partial charge in [-0.1, -0.05) is 11.6 Å². The van der Waals surface area contributed by atoms with Crippen LogP contribution in [0.1, 0.15) is 29.6 Å². The fourth-order valence-electron chi connectivity index (χ4n) is 2.79. The van der Waals surface area contributed by atoms with Crippen LogP contribution in [0.15, 0.2) is 35.9 Å². The topological polar surface area (TPSA) is 59.6 Å². The second kappa shape index (κ2) is 8.13. The van der Waals surface area contributed by atoms with Gasteiger partial charge in [-0.05, 0) is 50.1 Å². The molecule has 2 N–H and O–H groups in total. The predicted octanol–water partition coefficient (Wildman–Crippen LogP) is 1.89. The van der Waals surface area contributed by atoms with Crippen LogP contribution in [0, 0.1) is 0 Å². The SMILES string of the molecule is O=C(NCC1=CCNCC1)c1ccc(OCC2CCCO2)cc1. The van der Waals surface area contributed by atoms with Gasteiger partial charge in [0.1, 0.15) is 12.4 Å². The number of rotatable bonds is 6. The summed E-state index contributed by atoms with van der Waals surface area (Å²) in [7, 11) is 0. The van der Waals surface area contributed by atoms with Gasteiger partial charge in [-0.2, -0.15) is 0 Å². The molecule has 0 spiro atoms. The van der Waals surface area contributed by atoms with E-state index < -0.39 is 0 Å². The predicted molar refractivity (Wildman–Crippen MR) is 88.8 cm³/mol. The van der Waals surface area contributed by atoms with Gasteiger partial charge in [-0.15, -0.1) is 0 Å². The van der Waals surface area contributed by atoms with E-state index in [0.717, 1.165) is 44.7 Å². The number of amides is 1. The van der Waals surface area contributed by atoms with Crippen molar-refractivity contribution in [1.82, 2.24) is 10.6 Å². The van der Waals surface area contributed by atoms with Gasteiger partial charge < -0.3 is 20.1 Å². The molecular formula is C18H24N2O3. The molecule has 1 amide bonds. The second-order valence-corrected chi connectivity index (χ2v) is 5.97. The molecule has 1 fully saturated rings. The minimum Gasteiger partial charge on any atom is -0.491 e. The first kappa shape index (κ1) is 16.0. The molecule has 23 heavy (non-hydrogen) atoms. The van der Waals surface area contributed by atoms with Gasteiger partial charge in [0.2, 0.25) is 0 Å². The smallest absolute Gasteiger partial charge is 0.251 e. The first-order chi connectivity index (χ1) is 11.3. The molecule has 1 aromatic carbocycles. The third kappa shape index (κ3) is 4.81. The van der Waals surface area contributed by atoms with Crippen molar-refractivity contribution in [3.05, 3.63) is 41.5 Å². The van der Waals surface area contributed by atoms with E-state index in [-0.39, 0.29) is 12.0 Å². The Labute approximate surface area is 137 Å². The van der Waals surface area contributed by atoms with Crippen molar-refractivity contribution in [1.29, 1.82) is 0 Å². The Hall–Kier alpha value is -1.85. The van der Waals surface area contributed by atoms with E-state index in [1.807, 2.05) is 12.1 Å². The van der Waals surface area contributed by atoms with Crippen LogP contribution in [-0.2, 0) is 4.74 Å². The highest BCUT2D eigenvalue weighted by Crippen LogP contribution is 2.16. The van der Waals surface area contributed by atoms with Crippen LogP contribution in [0.5, 0.6) is 5.75 Å². The molecule has 1 saturated heterocycles. The van der Waals surface area contributed by atoms with Crippen molar-refractivity contribution in [2.24, 2.45) is 0 Å². The molecular weight excluding hydrogens is 292 g/mol. The highest BCUT2D eigenvalue weighted by Gasteiger charge is 2.16. The van der Waals surface area contributed by atoms with Crippen LogP contribution in [0.2, 0.25) is 0 Å². The number of carbonyl (C=O) groups excluding carboxylic acids is 1. The molecule has 3 rings (SSSR count). The molecule has 5 heteroatoms. The summed E-state index contributed by atoms with van der Waals surface area (Å²) in [6.07, 6.45) is 5.52. The van der Waals surface area contributed by atoms with Gasteiger partial charge >= 0.3 is 0 Å². The maximum absolute atomic E-state index is 12.2. The molecule has 1 aromatic rings. The summed E-state index contributed by atoms with van der Waals surface area (Å²) in [6, 6.07) is 7.29. The number of benzene rings is 1. The van der Waals surface area contributed by atoms with Gasteiger partial charge in [0.15, 0.2) is 0 Å². The monoisotopic (exact) mass is 316 g/mol. The van der Waals surface area contributed by atoms with Crippen molar-refractivity contribution < 1.29 is 14.3 Å². The summed E-state index contributed by atoms with van der Waals surface area (Å²) >= 11 is 0. The molecule has 5 nitrogen and oxygen atoms in total. The Kier molecular flexibility index (Phi) is 5.66. The van der Waals surface area contributed by atoms with Gasteiger partial charge in [-0.3, -0.25) is 4.79 Å². The van der Waals surface area contributed by atoms with Crippen LogP contribution in [0.4, 0.5) is 0 Å². The first-order valence-electron chi connectivity index (χ1n) is 8.32. The highest BCUT2D eigenvalue weighted by molar-refractivity contribution is 5.94. The third-order valence-electron chi connectivity index (χ3n) is 4.21. The quantitative estimate of drug-likeness (QED) is 0.787. The van der Waals surface area contributed by atoms with Crippen molar-refractivity contribution >= 4 is 5.91 Å². The molecule has 0 saturated carbocycles. The largest absolute Gasteiger partial charge is 0.491 e. The second-order valence-electron chi connectivity index (χ2n) is 5.97. The molecule has 1 atom stereocenters. The van der Waals surface area contributed by atoms with Crippen LogP contribution in [0.25, 0.3) is 0 Å². The lowest BCUT2D eigenvalue weighted by atomic mass is 10.1. The molecule has 1 unspecified atom stereocenters. The summed E-state index contributed by atoms with van der Waals surface area (Å²) in [5.74, 6) is 0.730. The lowest BCUT2D eigenvalue weighted by Gasteiger charge is -2.15. The number of nitrogens with one attached hydrogen (secondary N) is 2. The Morgan fingerprint density at radius 2 is 2.22 bits per heavy atom. The van der Waals surface area contributed by atoms with Gasteiger partial charge in [0.05, 0.1) is 6.10 Å². The zero-order valence-corrected chi connectivity index (χ0v) is 13.3. The minimum absolute atomic E-state index is 0.0462. The van der Waals surface area contributed by atoms with Crippen molar-refractivity contribution in [3.63, 3.8) is 0 Å². The zero-order chi connectivity index (χ0) is 15.9. The zero-order valence-electron chi connectivity index (χ0n) is 13.3. The maximum atomic E-state index is 12.2. The highest BCUT2D eigenvalue weighted by atomic mass is 16.5. The molecule has 2 aliphatic rings. The van der Waals surface area contributed by atoms with E-state index in [1.54, 1.807) is 12.1 Å². The van der Waals surface area contributed by atoms with E-state index in [2.05, 4.69) is 16.7 Å². The van der Waals surface area contributed by atoms with Crippen molar-refractivity contribution in [3.8, 4) is 5.75 Å². The average molecular weight is 316 g/mol. The maximum Gasteiger partial charge on any atom is 0.251 e. The Bertz CT molecular complexity index is 548. The van der Waals surface area contributed by atoms with Gasteiger partial charge in [0, 0.05) is 25.3 Å². The molecule has 0 bridgehead atoms. The summed E-state index contributed by atoms with van der Waals surface area (Å²) in [6.45, 7) is 3.91. The van der Waals surface area contributed by atoms with E-state index >= 15 is 0 Å². The summed E-state index contributed by atoms with van der Waals surface area (Å²) < 4.78 is 11.2. The van der Waals surface area contributed by atoms with Gasteiger partial charge in [-0.25, -0.2) is 0 Å². The van der Waals surface area contributed by atoms with Crippen LogP contribution in [-0.4, -0.2) is 44.9 Å². The fraction of sp³-hybridized carbons (Fsp3) is 0.500. The molecule has 2 heterocycles. The Morgan fingerprint density at radius 1 is 1.35 bits per heavy atom. The summed E-state index contributed by atoms with van der Waals surface area (Å²) in [5, 5.41) is 6.23. The lowest BCUT2D eigenvalue weighted by molar-refractivity contribution is 0.0679. The molecule has 0 radical (unpaired) electrons. The van der Waals surface area contributed by atoms with Crippen molar-refractivity contribution in [2.45, 2.75) is 25.4 Å². The summed E-state index contributed by atoms with van der Waals surface area (Å²) in [5.41, 5.74) is 1.94. The molecule has 2 aliphatic heterocycles. The number of hydrogen-bond acceptors (Lipinski definition) is 4.